The molecule has 0 amide bonds. The van der Waals surface area contributed by atoms with Gasteiger partial charge in [-0.3, -0.25) is 0 Å². The Hall–Kier alpha value is -3.12. The lowest BCUT2D eigenvalue weighted by molar-refractivity contribution is 0.0599. The molecule has 0 radical (unpaired) electrons. The fourth-order valence-corrected chi connectivity index (χ4v) is 3.31. The Balaban J connectivity index is 2.28. The number of hydrogen-bond acceptors (Lipinski definition) is 4. The molecule has 0 atom stereocenters. The second kappa shape index (κ2) is 8.05. The summed E-state index contributed by atoms with van der Waals surface area (Å²) < 4.78 is 5.00. The Morgan fingerprint density at radius 2 is 1.33 bits per heavy atom. The quantitative estimate of drug-likeness (QED) is 0.553. The number of carbonyl (C=O) groups excluding carboxylic acids is 1. The second-order valence-electron chi connectivity index (χ2n) is 5.66. The van der Waals surface area contributed by atoms with E-state index >= 15 is 0 Å². The van der Waals surface area contributed by atoms with Gasteiger partial charge in [0.05, 0.1) is 18.2 Å². The summed E-state index contributed by atoms with van der Waals surface area (Å²) >= 11 is 3.22. The van der Waals surface area contributed by atoms with Gasteiger partial charge in [-0.2, -0.15) is 0 Å². The van der Waals surface area contributed by atoms with Crippen molar-refractivity contribution in [3.05, 3.63) is 88.4 Å². The average molecular weight is 426 g/mol. The van der Waals surface area contributed by atoms with E-state index in [1.807, 2.05) is 65.6 Å². The van der Waals surface area contributed by atoms with Gasteiger partial charge in [-0.1, -0.05) is 36.4 Å². The zero-order valence-electron chi connectivity index (χ0n) is 14.4. The molecule has 136 valence electrons. The van der Waals surface area contributed by atoms with Crippen LogP contribution in [0.5, 0.6) is 0 Å². The summed E-state index contributed by atoms with van der Waals surface area (Å²) in [6.07, 6.45) is 0. The summed E-state index contributed by atoms with van der Waals surface area (Å²) in [5.41, 5.74) is 2.32. The molecular weight excluding hydrogens is 410 g/mol. The number of para-hydroxylation sites is 2. The molecule has 5 nitrogen and oxygen atoms in total. The SMILES string of the molecule is COC(=O)c1cc(N(c2ccccc2)c2ccccc2)cc(C(=O)O)c1Br. The van der Waals surface area contributed by atoms with Gasteiger partial charge in [0, 0.05) is 21.5 Å². The van der Waals surface area contributed by atoms with Crippen LogP contribution < -0.4 is 4.90 Å². The molecule has 0 aliphatic heterocycles. The molecule has 3 aromatic rings. The molecule has 0 aromatic heterocycles. The number of carbonyl (C=O) groups is 2. The first-order valence-corrected chi connectivity index (χ1v) is 8.87. The van der Waals surface area contributed by atoms with Crippen LogP contribution >= 0.6 is 15.9 Å². The highest BCUT2D eigenvalue weighted by molar-refractivity contribution is 9.10. The van der Waals surface area contributed by atoms with E-state index in [0.717, 1.165) is 11.4 Å². The van der Waals surface area contributed by atoms with Gasteiger partial charge in [0.25, 0.3) is 0 Å². The van der Waals surface area contributed by atoms with Gasteiger partial charge in [-0.05, 0) is 52.3 Å². The minimum Gasteiger partial charge on any atom is -0.478 e. The van der Waals surface area contributed by atoms with Gasteiger partial charge in [0.15, 0.2) is 0 Å². The zero-order chi connectivity index (χ0) is 19.4. The topological polar surface area (TPSA) is 66.8 Å². The molecule has 27 heavy (non-hydrogen) atoms. The van der Waals surface area contributed by atoms with Crippen molar-refractivity contribution < 1.29 is 19.4 Å². The van der Waals surface area contributed by atoms with Crippen LogP contribution in [-0.4, -0.2) is 24.2 Å². The first kappa shape index (κ1) is 18.7. The molecule has 3 rings (SSSR count). The Bertz CT molecular complexity index is 935. The number of benzene rings is 3. The highest BCUT2D eigenvalue weighted by Gasteiger charge is 2.22. The molecular formula is C21H16BrNO4. The largest absolute Gasteiger partial charge is 0.478 e. The van der Waals surface area contributed by atoms with Gasteiger partial charge in [-0.25, -0.2) is 9.59 Å². The fourth-order valence-electron chi connectivity index (χ4n) is 2.75. The number of carboxylic acids is 1. The highest BCUT2D eigenvalue weighted by atomic mass is 79.9. The summed E-state index contributed by atoms with van der Waals surface area (Å²) in [5.74, 6) is -1.76. The first-order valence-electron chi connectivity index (χ1n) is 8.08. The average Bonchev–Trinajstić information content (AvgIpc) is 2.70. The number of esters is 1. The molecule has 0 aliphatic carbocycles. The highest BCUT2D eigenvalue weighted by Crippen LogP contribution is 2.37. The lowest BCUT2D eigenvalue weighted by Crippen LogP contribution is -2.14. The maximum absolute atomic E-state index is 12.2. The summed E-state index contributed by atoms with van der Waals surface area (Å²) in [6.45, 7) is 0. The standard InChI is InChI=1S/C21H16BrNO4/c1-27-21(26)18-13-16(12-17(19(18)22)20(24)25)23(14-8-4-2-5-9-14)15-10-6-3-7-11-15/h2-13H,1H3,(H,24,25). The molecule has 0 bridgehead atoms. The van der Waals surface area contributed by atoms with Crippen molar-refractivity contribution in [2.75, 3.05) is 12.0 Å². The van der Waals surface area contributed by atoms with Gasteiger partial charge in [0.1, 0.15) is 0 Å². The van der Waals surface area contributed by atoms with Crippen LogP contribution in [0.4, 0.5) is 17.1 Å². The smallest absolute Gasteiger partial charge is 0.339 e. The molecule has 0 fully saturated rings. The summed E-state index contributed by atoms with van der Waals surface area (Å²) in [7, 11) is 1.26. The van der Waals surface area contributed by atoms with Crippen LogP contribution in [0.15, 0.2) is 77.3 Å². The Kier molecular flexibility index (Phi) is 5.57. The third-order valence-corrected chi connectivity index (χ3v) is 4.83. The zero-order valence-corrected chi connectivity index (χ0v) is 16.0. The van der Waals surface area contributed by atoms with Gasteiger partial charge in [0.2, 0.25) is 0 Å². The number of ether oxygens (including phenoxy) is 1. The molecule has 0 saturated heterocycles. The summed E-state index contributed by atoms with van der Waals surface area (Å²) in [4.78, 5) is 25.8. The van der Waals surface area contributed by atoms with Crippen molar-refractivity contribution in [2.24, 2.45) is 0 Å². The van der Waals surface area contributed by atoms with Crippen molar-refractivity contribution in [1.29, 1.82) is 0 Å². The molecule has 0 spiro atoms. The molecule has 0 aliphatic rings. The van der Waals surface area contributed by atoms with Gasteiger partial charge >= 0.3 is 11.9 Å². The van der Waals surface area contributed by atoms with E-state index in [2.05, 4.69) is 15.9 Å². The maximum Gasteiger partial charge on any atom is 0.339 e. The number of carboxylic acid groups (broad SMARTS) is 1. The predicted molar refractivity (Wildman–Crippen MR) is 107 cm³/mol. The number of rotatable bonds is 5. The van der Waals surface area contributed by atoms with Gasteiger partial charge < -0.3 is 14.7 Å². The lowest BCUT2D eigenvalue weighted by atomic mass is 10.1. The second-order valence-corrected chi connectivity index (χ2v) is 6.45. The molecule has 6 heteroatoms. The van der Waals surface area contributed by atoms with Crippen LogP contribution in [0, 0.1) is 0 Å². The Morgan fingerprint density at radius 1 is 0.852 bits per heavy atom. The predicted octanol–water partition coefficient (Wildman–Crippen LogP) is 5.40. The van der Waals surface area contributed by atoms with E-state index in [1.54, 1.807) is 6.07 Å². The third-order valence-electron chi connectivity index (χ3n) is 3.98. The first-order chi connectivity index (χ1) is 13.0. The molecule has 0 saturated carbocycles. The van der Waals surface area contributed by atoms with Crippen molar-refractivity contribution in [1.82, 2.24) is 0 Å². The van der Waals surface area contributed by atoms with E-state index in [1.165, 1.54) is 13.2 Å². The lowest BCUT2D eigenvalue weighted by Gasteiger charge is -2.26. The normalized spacial score (nSPS) is 10.3. The van der Waals surface area contributed by atoms with Crippen LogP contribution in [0.2, 0.25) is 0 Å². The van der Waals surface area contributed by atoms with Crippen LogP contribution in [0.25, 0.3) is 0 Å². The molecule has 1 N–H and O–H groups in total. The summed E-state index contributed by atoms with van der Waals surface area (Å²) in [6, 6.07) is 22.1. The number of anilines is 3. The minimum atomic E-state index is -1.14. The maximum atomic E-state index is 12.2. The third kappa shape index (κ3) is 3.85. The van der Waals surface area contributed by atoms with Crippen LogP contribution in [0.1, 0.15) is 20.7 Å². The minimum absolute atomic E-state index is 0.0234. The number of halogens is 1. The van der Waals surface area contributed by atoms with Gasteiger partial charge in [-0.15, -0.1) is 0 Å². The summed E-state index contributed by atoms with van der Waals surface area (Å²) in [5, 5.41) is 9.59. The van der Waals surface area contributed by atoms with E-state index < -0.39 is 11.9 Å². The monoisotopic (exact) mass is 425 g/mol. The van der Waals surface area contributed by atoms with Crippen LogP contribution in [-0.2, 0) is 4.74 Å². The number of hydrogen-bond donors (Lipinski definition) is 1. The van der Waals surface area contributed by atoms with Crippen molar-refractivity contribution in [3.63, 3.8) is 0 Å². The molecule has 0 heterocycles. The van der Waals surface area contributed by atoms with Crippen molar-refractivity contribution in [2.45, 2.75) is 0 Å². The Morgan fingerprint density at radius 3 is 1.78 bits per heavy atom. The van der Waals surface area contributed by atoms with E-state index in [-0.39, 0.29) is 15.6 Å². The van der Waals surface area contributed by atoms with E-state index in [9.17, 15) is 14.7 Å². The Labute approximate surface area is 164 Å². The van der Waals surface area contributed by atoms with Crippen molar-refractivity contribution in [3.8, 4) is 0 Å². The van der Waals surface area contributed by atoms with E-state index in [4.69, 9.17) is 4.74 Å². The number of methoxy groups -OCH3 is 1. The van der Waals surface area contributed by atoms with Crippen LogP contribution in [0.3, 0.4) is 0 Å². The van der Waals surface area contributed by atoms with E-state index in [0.29, 0.717) is 5.69 Å². The number of aromatic carboxylic acids is 1. The number of nitrogens with zero attached hydrogens (tertiary/aromatic N) is 1. The molecule has 3 aromatic carbocycles. The molecule has 0 unspecified atom stereocenters. The van der Waals surface area contributed by atoms with Crippen molar-refractivity contribution >= 4 is 44.9 Å². The fraction of sp³-hybridized carbons (Fsp3) is 0.0476.